The average Bonchev–Trinajstić information content (AvgIpc) is 3.08. The minimum Gasteiger partial charge on any atom is -0.459 e. The van der Waals surface area contributed by atoms with Gasteiger partial charge in [-0.2, -0.15) is 0 Å². The molecule has 6 nitrogen and oxygen atoms in total. The predicted octanol–water partition coefficient (Wildman–Crippen LogP) is 2.78. The number of rotatable bonds is 3. The molecule has 6 heteroatoms. The summed E-state index contributed by atoms with van der Waals surface area (Å²) in [5.74, 6) is -0.304. The van der Waals surface area contributed by atoms with E-state index in [1.165, 1.54) is 6.26 Å². The molecule has 1 aliphatic heterocycles. The number of nitrogens with one attached hydrogen (secondary N) is 1. The van der Waals surface area contributed by atoms with E-state index in [9.17, 15) is 9.59 Å². The lowest BCUT2D eigenvalue weighted by Gasteiger charge is -2.35. The Bertz CT molecular complexity index is 716. The van der Waals surface area contributed by atoms with Gasteiger partial charge >= 0.3 is 0 Å². The highest BCUT2D eigenvalue weighted by Gasteiger charge is 2.28. The van der Waals surface area contributed by atoms with Crippen LogP contribution in [0.25, 0.3) is 0 Å². The van der Waals surface area contributed by atoms with Crippen molar-refractivity contribution in [2.45, 2.75) is 26.1 Å². The summed E-state index contributed by atoms with van der Waals surface area (Å²) in [5.41, 5.74) is 0.925. The van der Waals surface area contributed by atoms with Crippen molar-refractivity contribution in [2.24, 2.45) is 0 Å². The van der Waals surface area contributed by atoms with Gasteiger partial charge in [-0.25, -0.2) is 0 Å². The van der Waals surface area contributed by atoms with E-state index in [0.29, 0.717) is 24.3 Å². The van der Waals surface area contributed by atoms with Crippen molar-refractivity contribution >= 4 is 17.5 Å². The molecule has 2 atom stereocenters. The van der Waals surface area contributed by atoms with E-state index in [4.69, 9.17) is 9.15 Å². The number of para-hydroxylation sites is 1. The van der Waals surface area contributed by atoms with Crippen molar-refractivity contribution in [2.75, 3.05) is 18.4 Å². The topological polar surface area (TPSA) is 71.8 Å². The maximum absolute atomic E-state index is 12.9. The number of anilines is 1. The number of hydrogen-bond donors (Lipinski definition) is 1. The molecule has 0 aliphatic carbocycles. The molecule has 1 fully saturated rings. The molecule has 1 aromatic heterocycles. The summed E-state index contributed by atoms with van der Waals surface area (Å²) in [4.78, 5) is 26.8. The highest BCUT2D eigenvalue weighted by atomic mass is 16.5. The van der Waals surface area contributed by atoms with E-state index in [2.05, 4.69) is 5.32 Å². The van der Waals surface area contributed by atoms with Crippen LogP contribution < -0.4 is 5.32 Å². The largest absolute Gasteiger partial charge is 0.459 e. The van der Waals surface area contributed by atoms with Crippen LogP contribution in [0.2, 0.25) is 0 Å². The number of nitrogens with zero attached hydrogens (tertiary/aromatic N) is 1. The Hall–Kier alpha value is -2.60. The standard InChI is InChI=1S/C18H20N2O4/c1-12-10-20(11-13(2)24-12)18(22)14-6-3-4-7-15(14)19-17(21)16-8-5-9-23-16/h3-9,12-13H,10-11H2,1-2H3,(H,19,21)/t12-,13-/m1/s1. The molecule has 24 heavy (non-hydrogen) atoms. The number of carbonyl (C=O) groups is 2. The van der Waals surface area contributed by atoms with Crippen LogP contribution in [-0.4, -0.2) is 42.0 Å². The van der Waals surface area contributed by atoms with E-state index < -0.39 is 0 Å². The Labute approximate surface area is 140 Å². The van der Waals surface area contributed by atoms with Crippen molar-refractivity contribution < 1.29 is 18.7 Å². The molecule has 2 amide bonds. The van der Waals surface area contributed by atoms with Gasteiger partial charge in [-0.3, -0.25) is 9.59 Å². The van der Waals surface area contributed by atoms with Crippen LogP contribution >= 0.6 is 0 Å². The Kier molecular flexibility index (Phi) is 4.66. The summed E-state index contributed by atoms with van der Waals surface area (Å²) in [5, 5.41) is 2.74. The number of carbonyl (C=O) groups excluding carboxylic acids is 2. The van der Waals surface area contributed by atoms with Crippen LogP contribution in [0.15, 0.2) is 47.1 Å². The fraction of sp³-hybridized carbons (Fsp3) is 0.333. The fourth-order valence-corrected chi connectivity index (χ4v) is 2.88. The van der Waals surface area contributed by atoms with Gasteiger partial charge in [0.25, 0.3) is 11.8 Å². The quantitative estimate of drug-likeness (QED) is 0.940. The van der Waals surface area contributed by atoms with E-state index in [1.54, 1.807) is 41.3 Å². The Morgan fingerprint density at radius 2 is 1.79 bits per heavy atom. The van der Waals surface area contributed by atoms with Gasteiger partial charge in [0.2, 0.25) is 0 Å². The Morgan fingerprint density at radius 1 is 1.08 bits per heavy atom. The van der Waals surface area contributed by atoms with Crippen LogP contribution in [0, 0.1) is 0 Å². The predicted molar refractivity (Wildman–Crippen MR) is 89.0 cm³/mol. The fourth-order valence-electron chi connectivity index (χ4n) is 2.88. The third kappa shape index (κ3) is 3.49. The molecule has 1 N–H and O–H groups in total. The van der Waals surface area contributed by atoms with Crippen molar-refractivity contribution in [3.8, 4) is 0 Å². The zero-order chi connectivity index (χ0) is 17.1. The molecular weight excluding hydrogens is 308 g/mol. The van der Waals surface area contributed by atoms with Crippen molar-refractivity contribution in [3.63, 3.8) is 0 Å². The van der Waals surface area contributed by atoms with E-state index in [-0.39, 0.29) is 29.8 Å². The second-order valence-electron chi connectivity index (χ2n) is 5.94. The van der Waals surface area contributed by atoms with Gasteiger partial charge in [0.05, 0.1) is 29.7 Å². The molecular formula is C18H20N2O4. The van der Waals surface area contributed by atoms with E-state index in [0.717, 1.165) is 0 Å². The number of hydrogen-bond acceptors (Lipinski definition) is 4. The van der Waals surface area contributed by atoms with Gasteiger partial charge in [0.15, 0.2) is 5.76 Å². The maximum atomic E-state index is 12.9. The van der Waals surface area contributed by atoms with Gasteiger partial charge in [-0.15, -0.1) is 0 Å². The molecule has 0 spiro atoms. The highest BCUT2D eigenvalue weighted by Crippen LogP contribution is 2.21. The molecule has 0 bridgehead atoms. The minimum atomic E-state index is -0.385. The van der Waals surface area contributed by atoms with Crippen LogP contribution in [-0.2, 0) is 4.74 Å². The molecule has 1 aromatic carbocycles. The third-order valence-corrected chi connectivity index (χ3v) is 3.86. The first-order valence-electron chi connectivity index (χ1n) is 7.93. The summed E-state index contributed by atoms with van der Waals surface area (Å²) in [6.07, 6.45) is 1.41. The molecule has 0 unspecified atom stereocenters. The van der Waals surface area contributed by atoms with Gasteiger partial charge in [-0.1, -0.05) is 12.1 Å². The minimum absolute atomic E-state index is 0.0115. The Morgan fingerprint density at radius 3 is 2.46 bits per heavy atom. The normalized spacial score (nSPS) is 20.7. The van der Waals surface area contributed by atoms with Crippen molar-refractivity contribution in [1.29, 1.82) is 0 Å². The van der Waals surface area contributed by atoms with Gasteiger partial charge in [0.1, 0.15) is 0 Å². The number of furan rings is 1. The molecule has 0 radical (unpaired) electrons. The molecule has 1 saturated heterocycles. The second-order valence-corrected chi connectivity index (χ2v) is 5.94. The first-order valence-corrected chi connectivity index (χ1v) is 7.93. The molecule has 1 aliphatic rings. The first kappa shape index (κ1) is 16.3. The van der Waals surface area contributed by atoms with Gasteiger partial charge in [-0.05, 0) is 38.1 Å². The van der Waals surface area contributed by atoms with Crippen LogP contribution in [0.1, 0.15) is 34.8 Å². The number of morpholine rings is 1. The lowest BCUT2D eigenvalue weighted by Crippen LogP contribution is -2.48. The lowest BCUT2D eigenvalue weighted by atomic mass is 10.1. The summed E-state index contributed by atoms with van der Waals surface area (Å²) in [6.45, 7) is 4.95. The summed E-state index contributed by atoms with van der Waals surface area (Å²) < 4.78 is 10.8. The lowest BCUT2D eigenvalue weighted by molar-refractivity contribution is -0.0585. The number of ether oxygens (including phenoxy) is 1. The zero-order valence-corrected chi connectivity index (χ0v) is 13.7. The molecule has 2 heterocycles. The van der Waals surface area contributed by atoms with Gasteiger partial charge < -0.3 is 19.4 Å². The highest BCUT2D eigenvalue weighted by molar-refractivity contribution is 6.07. The number of benzene rings is 1. The van der Waals surface area contributed by atoms with Crippen LogP contribution in [0.3, 0.4) is 0 Å². The molecule has 126 valence electrons. The Balaban J connectivity index is 1.81. The monoisotopic (exact) mass is 328 g/mol. The van der Waals surface area contributed by atoms with E-state index >= 15 is 0 Å². The summed E-state index contributed by atoms with van der Waals surface area (Å²) >= 11 is 0. The zero-order valence-electron chi connectivity index (χ0n) is 13.7. The molecule has 3 rings (SSSR count). The SMILES string of the molecule is C[C@@H]1CN(C(=O)c2ccccc2NC(=O)c2ccco2)C[C@@H](C)O1. The maximum Gasteiger partial charge on any atom is 0.291 e. The van der Waals surface area contributed by atoms with E-state index in [1.807, 2.05) is 13.8 Å². The first-order chi connectivity index (χ1) is 11.5. The summed E-state index contributed by atoms with van der Waals surface area (Å²) in [6, 6.07) is 10.2. The third-order valence-electron chi connectivity index (χ3n) is 3.86. The average molecular weight is 328 g/mol. The van der Waals surface area contributed by atoms with Crippen molar-refractivity contribution in [1.82, 2.24) is 4.90 Å². The van der Waals surface area contributed by atoms with Crippen LogP contribution in [0.4, 0.5) is 5.69 Å². The van der Waals surface area contributed by atoms with Crippen LogP contribution in [0.5, 0.6) is 0 Å². The molecule has 0 saturated carbocycles. The summed E-state index contributed by atoms with van der Waals surface area (Å²) in [7, 11) is 0. The van der Waals surface area contributed by atoms with Gasteiger partial charge in [0, 0.05) is 13.1 Å². The van der Waals surface area contributed by atoms with Crippen molar-refractivity contribution in [3.05, 3.63) is 54.0 Å². The molecule has 2 aromatic rings. The second kappa shape index (κ2) is 6.88. The smallest absolute Gasteiger partial charge is 0.291 e. The number of amides is 2.